The fourth-order valence-electron chi connectivity index (χ4n) is 18.0. The Balaban J connectivity index is 0.835. The molecule has 19 aromatic rings. The minimum atomic E-state index is -0.137. The second kappa shape index (κ2) is 31.6. The van der Waals surface area contributed by atoms with Gasteiger partial charge in [0.15, 0.2) is 23.3 Å². The first-order valence-electron chi connectivity index (χ1n) is 42.0. The first-order valence-corrected chi connectivity index (χ1v) is 42.0. The number of hydrogen-bond donors (Lipinski definition) is 0. The molecule has 21 rings (SSSR count). The van der Waals surface area contributed by atoms with Crippen molar-refractivity contribution in [2.45, 2.75) is 52.4 Å². The van der Waals surface area contributed by atoms with Crippen molar-refractivity contribution in [3.8, 4) is 129 Å². The first kappa shape index (κ1) is 72.8. The molecule has 0 spiro atoms. The van der Waals surface area contributed by atoms with Crippen LogP contribution in [0.2, 0.25) is 0 Å². The van der Waals surface area contributed by atoms with Gasteiger partial charge in [-0.15, -0.1) is 0 Å². The van der Waals surface area contributed by atoms with Crippen LogP contribution >= 0.6 is 0 Å². The molecule has 0 radical (unpaired) electrons. The first-order chi connectivity index (χ1) is 59.4. The standard InChI is InChI=1S/C111H83BN8/c1-3-5-33-74-53-57-96-103(61-74)118(91-65-86(76-35-15-7-16-36-76)63-87(66-91)77-37-17-8-18-38-77)105-71-90(72-106-107(105)112(96)97-58-54-75(34-6-4-2)62-104(97)119(106)92-67-88(78-39-19-9-20-40-78)64-89(68-92)79-41-21-10-22-42-79)84-55-59-101-94(69-84)93-51-31-32-52-100(93)120(101)102-60-56-85(110-113-98(80-43-23-11-24-44-80)73-99(114-110)81-45-25-12-26-46-81)70-95(102)111-116-108(82-47-27-13-28-48-82)115-109(117-111)83-49-29-14-30-50-83/h7-32,35-73H,3-6,33-34H2,1-2H3. The van der Waals surface area contributed by atoms with Crippen molar-refractivity contribution in [1.82, 2.24) is 29.5 Å². The Labute approximate surface area is 700 Å². The minimum absolute atomic E-state index is 0.137. The van der Waals surface area contributed by atoms with Crippen LogP contribution in [-0.2, 0) is 12.8 Å². The molecule has 0 bridgehead atoms. The Hall–Kier alpha value is -14.9. The Morgan fingerprint density at radius 2 is 0.617 bits per heavy atom. The van der Waals surface area contributed by atoms with E-state index in [9.17, 15) is 0 Å². The topological polar surface area (TPSA) is 75.9 Å². The van der Waals surface area contributed by atoms with E-state index >= 15 is 0 Å². The van der Waals surface area contributed by atoms with E-state index in [0.29, 0.717) is 23.3 Å². The lowest BCUT2D eigenvalue weighted by atomic mass is 9.33. The van der Waals surface area contributed by atoms with Gasteiger partial charge in [-0.2, -0.15) is 0 Å². The lowest BCUT2D eigenvalue weighted by Crippen LogP contribution is -2.61. The van der Waals surface area contributed by atoms with Crippen molar-refractivity contribution in [3.05, 3.63) is 405 Å². The third-order valence-corrected chi connectivity index (χ3v) is 23.9. The summed E-state index contributed by atoms with van der Waals surface area (Å²) in [4.78, 5) is 32.4. The number of benzene rings is 16. The molecule has 3 aromatic heterocycles. The third-order valence-electron chi connectivity index (χ3n) is 23.9. The summed E-state index contributed by atoms with van der Waals surface area (Å²) in [5, 5.41) is 2.19. The van der Waals surface area contributed by atoms with Crippen LogP contribution in [0.3, 0.4) is 0 Å². The molecule has 0 saturated heterocycles. The summed E-state index contributed by atoms with van der Waals surface area (Å²) in [6.07, 6.45) is 6.30. The normalized spacial score (nSPS) is 12.1. The Kier molecular flexibility index (Phi) is 19.2. The zero-order valence-electron chi connectivity index (χ0n) is 66.9. The highest BCUT2D eigenvalue weighted by molar-refractivity contribution is 7.00. The van der Waals surface area contributed by atoms with Gasteiger partial charge in [-0.3, -0.25) is 0 Å². The molecule has 2 aliphatic heterocycles. The molecule has 0 aliphatic carbocycles. The van der Waals surface area contributed by atoms with Crippen LogP contribution in [0.25, 0.3) is 151 Å². The van der Waals surface area contributed by atoms with Crippen molar-refractivity contribution in [1.29, 1.82) is 0 Å². The number of aromatic nitrogens is 6. The van der Waals surface area contributed by atoms with Crippen LogP contribution in [-0.4, -0.2) is 36.2 Å². The van der Waals surface area contributed by atoms with Gasteiger partial charge in [-0.25, -0.2) is 24.9 Å². The second-order valence-corrected chi connectivity index (χ2v) is 31.6. The number of aryl methyl sites for hydroxylation is 2. The minimum Gasteiger partial charge on any atom is -0.311 e. The molecule has 8 nitrogen and oxygen atoms in total. The number of rotatable bonds is 20. The monoisotopic (exact) mass is 1540 g/mol. The lowest BCUT2D eigenvalue weighted by Gasteiger charge is -2.45. The molecular weight excluding hydrogens is 1460 g/mol. The number of para-hydroxylation sites is 1. The van der Waals surface area contributed by atoms with Gasteiger partial charge in [0, 0.05) is 78.3 Å². The molecule has 0 amide bonds. The maximum Gasteiger partial charge on any atom is 0.252 e. The summed E-state index contributed by atoms with van der Waals surface area (Å²) in [5.41, 5.74) is 34.6. The predicted octanol–water partition coefficient (Wildman–Crippen LogP) is 26.9. The van der Waals surface area contributed by atoms with Gasteiger partial charge in [0.05, 0.1) is 28.1 Å². The van der Waals surface area contributed by atoms with Crippen molar-refractivity contribution in [2.24, 2.45) is 0 Å². The summed E-state index contributed by atoms with van der Waals surface area (Å²) in [6, 6.07) is 144. The van der Waals surface area contributed by atoms with E-state index in [4.69, 9.17) is 24.9 Å². The molecular formula is C111H83BN8. The number of anilines is 6. The summed E-state index contributed by atoms with van der Waals surface area (Å²) in [7, 11) is 0. The van der Waals surface area contributed by atoms with E-state index in [1.54, 1.807) is 0 Å². The summed E-state index contributed by atoms with van der Waals surface area (Å²) >= 11 is 0. The molecule has 5 heterocycles. The molecule has 0 N–H and O–H groups in total. The number of hydrogen-bond acceptors (Lipinski definition) is 7. The van der Waals surface area contributed by atoms with Gasteiger partial charge in [0.25, 0.3) is 6.71 Å². The molecule has 16 aromatic carbocycles. The number of fused-ring (bicyclic) bond motifs is 7. The summed E-state index contributed by atoms with van der Waals surface area (Å²) < 4.78 is 2.41. The maximum absolute atomic E-state index is 5.53. The smallest absolute Gasteiger partial charge is 0.252 e. The van der Waals surface area contributed by atoms with Crippen molar-refractivity contribution < 1.29 is 0 Å². The van der Waals surface area contributed by atoms with Gasteiger partial charge in [-0.05, 0) is 212 Å². The molecule has 2 aliphatic rings. The molecule has 0 unspecified atom stereocenters. The SMILES string of the molecule is CCCCc1ccc2c(c1)N(c1cc(-c3ccccc3)cc(-c3ccccc3)c1)c1cc(-c3ccc4c(c3)c3ccccc3n4-c3ccc(-c4nc(-c5ccccc5)cc(-c5ccccc5)n4)cc3-c3nc(-c4ccccc4)nc(-c4ccccc4)n3)cc3c1B2c1ccc(CCCC)cc1N3c1cc(-c2ccccc2)cc(-c2ccccc2)c1. The number of nitrogens with zero attached hydrogens (tertiary/aromatic N) is 8. The van der Waals surface area contributed by atoms with E-state index in [-0.39, 0.29) is 6.71 Å². The highest BCUT2D eigenvalue weighted by Crippen LogP contribution is 2.51. The quantitative estimate of drug-likeness (QED) is 0.0704. The van der Waals surface area contributed by atoms with E-state index in [2.05, 4.69) is 374 Å². The van der Waals surface area contributed by atoms with Crippen LogP contribution in [0.4, 0.5) is 34.1 Å². The average Bonchev–Trinajstić information content (AvgIpc) is 0.783. The maximum atomic E-state index is 5.53. The predicted molar refractivity (Wildman–Crippen MR) is 501 cm³/mol. The fourth-order valence-corrected chi connectivity index (χ4v) is 18.0. The average molecular weight is 1540 g/mol. The second-order valence-electron chi connectivity index (χ2n) is 31.6. The van der Waals surface area contributed by atoms with E-state index in [1.807, 2.05) is 48.5 Å². The highest BCUT2D eigenvalue weighted by atomic mass is 15.2. The van der Waals surface area contributed by atoms with E-state index in [0.717, 1.165) is 189 Å². The van der Waals surface area contributed by atoms with Gasteiger partial charge in [-0.1, -0.05) is 318 Å². The van der Waals surface area contributed by atoms with E-state index in [1.165, 1.54) is 38.9 Å². The van der Waals surface area contributed by atoms with Crippen LogP contribution in [0.1, 0.15) is 50.7 Å². The molecule has 0 atom stereocenters. The van der Waals surface area contributed by atoms with Gasteiger partial charge < -0.3 is 14.4 Å². The molecule has 9 heteroatoms. The van der Waals surface area contributed by atoms with Crippen molar-refractivity contribution >= 4 is 79.0 Å². The molecule has 0 fully saturated rings. The summed E-state index contributed by atoms with van der Waals surface area (Å²) in [6.45, 7) is 4.47. The highest BCUT2D eigenvalue weighted by Gasteiger charge is 2.44. The van der Waals surface area contributed by atoms with Gasteiger partial charge >= 0.3 is 0 Å². The van der Waals surface area contributed by atoms with Crippen LogP contribution in [0.15, 0.2) is 394 Å². The lowest BCUT2D eigenvalue weighted by molar-refractivity contribution is 0.795. The zero-order valence-corrected chi connectivity index (χ0v) is 66.9. The molecule has 0 saturated carbocycles. The zero-order chi connectivity index (χ0) is 80.0. The van der Waals surface area contributed by atoms with Crippen molar-refractivity contribution in [3.63, 3.8) is 0 Å². The van der Waals surface area contributed by atoms with Crippen LogP contribution < -0.4 is 26.2 Å². The Morgan fingerprint density at radius 1 is 0.242 bits per heavy atom. The largest absolute Gasteiger partial charge is 0.311 e. The molecule has 570 valence electrons. The Morgan fingerprint density at radius 3 is 1.06 bits per heavy atom. The third kappa shape index (κ3) is 13.7. The van der Waals surface area contributed by atoms with Gasteiger partial charge in [0.1, 0.15) is 0 Å². The molecule has 120 heavy (non-hydrogen) atoms. The van der Waals surface area contributed by atoms with Crippen LogP contribution in [0, 0.1) is 0 Å². The summed E-state index contributed by atoms with van der Waals surface area (Å²) in [5.74, 6) is 2.20. The van der Waals surface area contributed by atoms with E-state index < -0.39 is 0 Å². The van der Waals surface area contributed by atoms with Gasteiger partial charge in [0.2, 0.25) is 0 Å². The fraction of sp³-hybridized carbons (Fsp3) is 0.0721. The Bertz CT molecular complexity index is 6600. The van der Waals surface area contributed by atoms with Crippen molar-refractivity contribution in [2.75, 3.05) is 9.80 Å². The number of unbranched alkanes of at least 4 members (excludes halogenated alkanes) is 2. The van der Waals surface area contributed by atoms with Crippen LogP contribution in [0.5, 0.6) is 0 Å².